The van der Waals surface area contributed by atoms with Crippen molar-refractivity contribution in [1.82, 2.24) is 4.98 Å². The van der Waals surface area contributed by atoms with Gasteiger partial charge in [0.1, 0.15) is 17.4 Å². The lowest BCUT2D eigenvalue weighted by Gasteiger charge is -2.05. The quantitative estimate of drug-likeness (QED) is 0.646. The largest absolute Gasteiger partial charge is 0.494 e. The minimum atomic E-state index is -1.06. The summed E-state index contributed by atoms with van der Waals surface area (Å²) < 4.78 is 37.4. The Labute approximate surface area is 156 Å². The SMILES string of the molecule is CCOc1ccc2nc(NC(=O)COC(=O)c3ccc(F)cc3F)sc2c1. The van der Waals surface area contributed by atoms with Crippen molar-refractivity contribution in [3.8, 4) is 5.75 Å². The van der Waals surface area contributed by atoms with Gasteiger partial charge in [-0.15, -0.1) is 0 Å². The monoisotopic (exact) mass is 392 g/mol. The summed E-state index contributed by atoms with van der Waals surface area (Å²) in [5, 5.41) is 2.84. The molecule has 1 heterocycles. The highest BCUT2D eigenvalue weighted by Crippen LogP contribution is 2.29. The number of anilines is 1. The van der Waals surface area contributed by atoms with Gasteiger partial charge in [-0.25, -0.2) is 18.6 Å². The Kier molecular flexibility index (Phi) is 5.60. The highest BCUT2D eigenvalue weighted by atomic mass is 32.1. The van der Waals surface area contributed by atoms with Crippen LogP contribution in [0.3, 0.4) is 0 Å². The van der Waals surface area contributed by atoms with Crippen molar-refractivity contribution >= 4 is 38.6 Å². The molecule has 0 bridgehead atoms. The van der Waals surface area contributed by atoms with Crippen LogP contribution in [0.5, 0.6) is 5.75 Å². The number of esters is 1. The summed E-state index contributed by atoms with van der Waals surface area (Å²) in [5.41, 5.74) is 0.233. The van der Waals surface area contributed by atoms with E-state index in [1.165, 1.54) is 11.3 Å². The van der Waals surface area contributed by atoms with E-state index in [9.17, 15) is 18.4 Å². The molecule has 1 N–H and O–H groups in total. The maximum Gasteiger partial charge on any atom is 0.341 e. The number of fused-ring (bicyclic) bond motifs is 1. The first-order chi connectivity index (χ1) is 13.0. The van der Waals surface area contributed by atoms with Crippen molar-refractivity contribution < 1.29 is 27.8 Å². The van der Waals surface area contributed by atoms with Crippen molar-refractivity contribution in [2.45, 2.75) is 6.92 Å². The number of carbonyl (C=O) groups excluding carboxylic acids is 2. The molecule has 6 nitrogen and oxygen atoms in total. The zero-order valence-corrected chi connectivity index (χ0v) is 14.9. The Bertz CT molecular complexity index is 1010. The van der Waals surface area contributed by atoms with E-state index in [-0.39, 0.29) is 0 Å². The van der Waals surface area contributed by atoms with Crippen LogP contribution in [0.4, 0.5) is 13.9 Å². The van der Waals surface area contributed by atoms with Gasteiger partial charge in [-0.05, 0) is 37.3 Å². The molecule has 0 spiro atoms. The van der Waals surface area contributed by atoms with Gasteiger partial charge in [0, 0.05) is 6.07 Å². The van der Waals surface area contributed by atoms with Crippen LogP contribution in [0.2, 0.25) is 0 Å². The van der Waals surface area contributed by atoms with E-state index in [1.54, 1.807) is 12.1 Å². The first kappa shape index (κ1) is 18.7. The lowest BCUT2D eigenvalue weighted by atomic mass is 10.2. The van der Waals surface area contributed by atoms with Gasteiger partial charge in [-0.1, -0.05) is 11.3 Å². The van der Waals surface area contributed by atoms with Crippen LogP contribution in [0.25, 0.3) is 10.2 Å². The minimum Gasteiger partial charge on any atom is -0.494 e. The van der Waals surface area contributed by atoms with Gasteiger partial charge in [-0.3, -0.25) is 10.1 Å². The first-order valence-electron chi connectivity index (χ1n) is 7.91. The van der Waals surface area contributed by atoms with Crippen LogP contribution in [0.15, 0.2) is 36.4 Å². The Morgan fingerprint density at radius 3 is 2.74 bits per heavy atom. The maximum absolute atomic E-state index is 13.5. The summed E-state index contributed by atoms with van der Waals surface area (Å²) in [4.78, 5) is 28.0. The smallest absolute Gasteiger partial charge is 0.341 e. The molecule has 2 aromatic carbocycles. The second-order valence-corrected chi connectivity index (χ2v) is 6.36. The number of ether oxygens (including phenoxy) is 2. The van der Waals surface area contributed by atoms with Gasteiger partial charge < -0.3 is 9.47 Å². The van der Waals surface area contributed by atoms with E-state index in [1.807, 2.05) is 13.0 Å². The Balaban J connectivity index is 1.60. The average molecular weight is 392 g/mol. The number of rotatable bonds is 6. The van der Waals surface area contributed by atoms with E-state index in [2.05, 4.69) is 10.3 Å². The van der Waals surface area contributed by atoms with Crippen molar-refractivity contribution in [3.05, 3.63) is 53.6 Å². The summed E-state index contributed by atoms with van der Waals surface area (Å²) in [7, 11) is 0. The molecule has 3 aromatic rings. The van der Waals surface area contributed by atoms with Gasteiger partial charge in [0.25, 0.3) is 5.91 Å². The molecule has 0 saturated carbocycles. The molecule has 0 saturated heterocycles. The van der Waals surface area contributed by atoms with E-state index >= 15 is 0 Å². The molecule has 9 heteroatoms. The fraction of sp³-hybridized carbons (Fsp3) is 0.167. The topological polar surface area (TPSA) is 77.5 Å². The standard InChI is InChI=1S/C18H14F2N2O4S/c1-2-25-11-4-6-14-15(8-11)27-18(21-14)22-16(23)9-26-17(24)12-5-3-10(19)7-13(12)20/h3-8H,2,9H2,1H3,(H,21,22,23). The van der Waals surface area contributed by atoms with Crippen molar-refractivity contribution in [3.63, 3.8) is 0 Å². The molecule has 3 rings (SSSR count). The third-order valence-corrected chi connectivity index (χ3v) is 4.34. The molecular formula is C18H14F2N2O4S. The average Bonchev–Trinajstić information content (AvgIpc) is 3.01. The zero-order chi connectivity index (χ0) is 19.4. The molecule has 0 unspecified atom stereocenters. The van der Waals surface area contributed by atoms with Crippen molar-refractivity contribution in [2.75, 3.05) is 18.5 Å². The third-order valence-electron chi connectivity index (χ3n) is 3.40. The number of nitrogens with zero attached hydrogens (tertiary/aromatic N) is 1. The predicted octanol–water partition coefficient (Wildman–Crippen LogP) is 3.77. The molecule has 0 fully saturated rings. The fourth-order valence-electron chi connectivity index (χ4n) is 2.23. The predicted molar refractivity (Wildman–Crippen MR) is 96.1 cm³/mol. The molecule has 1 amide bonds. The normalized spacial score (nSPS) is 10.6. The summed E-state index contributed by atoms with van der Waals surface area (Å²) in [5.74, 6) is -2.87. The number of hydrogen-bond acceptors (Lipinski definition) is 6. The second-order valence-electron chi connectivity index (χ2n) is 5.33. The van der Waals surface area contributed by atoms with Crippen molar-refractivity contribution in [2.24, 2.45) is 0 Å². The molecular weight excluding hydrogens is 378 g/mol. The number of aromatic nitrogens is 1. The van der Waals surface area contributed by atoms with Crippen LogP contribution in [0.1, 0.15) is 17.3 Å². The summed E-state index contributed by atoms with van der Waals surface area (Å²) in [6.45, 7) is 1.78. The summed E-state index contributed by atoms with van der Waals surface area (Å²) in [6.07, 6.45) is 0. The number of carbonyl (C=O) groups is 2. The molecule has 0 aliphatic heterocycles. The third kappa shape index (κ3) is 4.56. The highest BCUT2D eigenvalue weighted by molar-refractivity contribution is 7.22. The van der Waals surface area contributed by atoms with Crippen LogP contribution >= 0.6 is 11.3 Å². The Hall–Kier alpha value is -3.07. The van der Waals surface area contributed by atoms with Crippen LogP contribution in [-0.2, 0) is 9.53 Å². The van der Waals surface area contributed by atoms with Gasteiger partial charge in [0.05, 0.1) is 22.4 Å². The molecule has 27 heavy (non-hydrogen) atoms. The van der Waals surface area contributed by atoms with E-state index in [0.29, 0.717) is 29.1 Å². The summed E-state index contributed by atoms with van der Waals surface area (Å²) in [6, 6.07) is 7.80. The maximum atomic E-state index is 13.5. The second kappa shape index (κ2) is 8.09. The summed E-state index contributed by atoms with van der Waals surface area (Å²) >= 11 is 1.24. The van der Waals surface area contributed by atoms with Crippen molar-refractivity contribution in [1.29, 1.82) is 0 Å². The molecule has 0 aliphatic carbocycles. The molecule has 1 aromatic heterocycles. The van der Waals surface area contributed by atoms with E-state index < -0.39 is 35.7 Å². The minimum absolute atomic E-state index is 0.327. The van der Waals surface area contributed by atoms with E-state index in [4.69, 9.17) is 9.47 Å². The lowest BCUT2D eigenvalue weighted by molar-refractivity contribution is -0.119. The number of benzene rings is 2. The number of thiazole rings is 1. The highest BCUT2D eigenvalue weighted by Gasteiger charge is 2.16. The lowest BCUT2D eigenvalue weighted by Crippen LogP contribution is -2.21. The Morgan fingerprint density at radius 2 is 2.00 bits per heavy atom. The number of halogens is 2. The molecule has 0 atom stereocenters. The molecule has 0 aliphatic rings. The molecule has 0 radical (unpaired) electrons. The fourth-order valence-corrected chi connectivity index (χ4v) is 3.14. The van der Waals surface area contributed by atoms with Gasteiger partial charge in [0.2, 0.25) is 0 Å². The van der Waals surface area contributed by atoms with Crippen LogP contribution in [-0.4, -0.2) is 30.1 Å². The first-order valence-corrected chi connectivity index (χ1v) is 8.73. The van der Waals surface area contributed by atoms with Crippen LogP contribution < -0.4 is 10.1 Å². The van der Waals surface area contributed by atoms with Gasteiger partial charge >= 0.3 is 5.97 Å². The number of amides is 1. The number of nitrogens with one attached hydrogen (secondary N) is 1. The zero-order valence-electron chi connectivity index (χ0n) is 14.1. The Morgan fingerprint density at radius 1 is 1.19 bits per heavy atom. The van der Waals surface area contributed by atoms with Gasteiger partial charge in [-0.2, -0.15) is 0 Å². The van der Waals surface area contributed by atoms with Gasteiger partial charge in [0.15, 0.2) is 11.7 Å². The molecule has 140 valence electrons. The number of hydrogen-bond donors (Lipinski definition) is 1. The van der Waals surface area contributed by atoms with Crippen LogP contribution in [0, 0.1) is 11.6 Å². The van der Waals surface area contributed by atoms with E-state index in [0.717, 1.165) is 16.8 Å².